The van der Waals surface area contributed by atoms with Crippen LogP contribution in [0.1, 0.15) is 30.4 Å². The number of pyridine rings is 1. The zero-order chi connectivity index (χ0) is 15.4. The number of nitrogens with one attached hydrogen (secondary N) is 1. The van der Waals surface area contributed by atoms with E-state index in [1.54, 1.807) is 12.4 Å². The fourth-order valence-electron chi connectivity index (χ4n) is 2.38. The van der Waals surface area contributed by atoms with E-state index in [9.17, 15) is 0 Å². The van der Waals surface area contributed by atoms with Crippen LogP contribution in [0.3, 0.4) is 0 Å². The minimum absolute atomic E-state index is 0.0943. The highest BCUT2D eigenvalue weighted by Crippen LogP contribution is 2.26. The van der Waals surface area contributed by atoms with Crippen molar-refractivity contribution in [3.8, 4) is 5.88 Å². The van der Waals surface area contributed by atoms with Gasteiger partial charge in [-0.15, -0.1) is 0 Å². The number of aliphatic imine (C=N–C) groups is 1. The van der Waals surface area contributed by atoms with E-state index in [4.69, 9.17) is 10.5 Å². The van der Waals surface area contributed by atoms with E-state index in [0.717, 1.165) is 35.4 Å². The Balaban J connectivity index is 1.56. The second kappa shape index (κ2) is 6.75. The molecule has 1 aliphatic heterocycles. The topological polar surface area (TPSA) is 72.5 Å². The average molecular weight is 298 g/mol. The lowest BCUT2D eigenvalue weighted by Crippen LogP contribution is -2.25. The number of hydrogen-bond donors (Lipinski definition) is 2. The number of hydrogen-bond acceptors (Lipinski definition) is 5. The first-order chi connectivity index (χ1) is 10.7. The van der Waals surface area contributed by atoms with Gasteiger partial charge in [-0.2, -0.15) is 0 Å². The number of aromatic nitrogens is 1. The fraction of sp³-hybridized carbons (Fsp3) is 0.412. The Morgan fingerprint density at radius 2 is 2.32 bits per heavy atom. The summed E-state index contributed by atoms with van der Waals surface area (Å²) in [7, 11) is 0. The normalized spacial score (nSPS) is 22.6. The third-order valence-electron chi connectivity index (χ3n) is 3.98. The minimum Gasteiger partial charge on any atom is -0.474 e. The van der Waals surface area contributed by atoms with Crippen molar-refractivity contribution in [2.45, 2.75) is 44.9 Å². The molecule has 1 aliphatic carbocycles. The molecule has 5 nitrogen and oxygen atoms in total. The summed E-state index contributed by atoms with van der Waals surface area (Å²) >= 11 is 0. The quantitative estimate of drug-likeness (QED) is 0.874. The van der Waals surface area contributed by atoms with Crippen molar-refractivity contribution in [3.63, 3.8) is 0 Å². The minimum atomic E-state index is -0.0943. The van der Waals surface area contributed by atoms with Crippen LogP contribution in [0, 0.1) is 6.92 Å². The molecule has 0 aromatic carbocycles. The number of nitrogens with two attached hydrogens (primary N) is 1. The van der Waals surface area contributed by atoms with Crippen LogP contribution in [-0.4, -0.2) is 23.3 Å². The van der Waals surface area contributed by atoms with Crippen LogP contribution in [0.2, 0.25) is 0 Å². The molecule has 1 aromatic heterocycles. The van der Waals surface area contributed by atoms with Crippen molar-refractivity contribution < 1.29 is 4.74 Å². The standard InChI is InChI=1S/C17H22N4O/c1-12-7-13(9-21-17(12)22-15-3-2-4-15)8-20-11-14-10-19-6-5-16(14)18/h5-7,9-11,15-16,20H,2-4,8,18H2,1H3/b14-11-. The Labute approximate surface area is 131 Å². The van der Waals surface area contributed by atoms with Crippen LogP contribution >= 0.6 is 0 Å². The molecule has 0 radical (unpaired) electrons. The molecule has 1 atom stereocenters. The molecule has 1 fully saturated rings. The molecule has 2 aliphatic rings. The molecule has 0 saturated heterocycles. The van der Waals surface area contributed by atoms with Crippen LogP contribution in [0.15, 0.2) is 41.3 Å². The Kier molecular flexibility index (Phi) is 4.53. The molecule has 1 unspecified atom stereocenters. The Bertz CT molecular complexity index is 617. The van der Waals surface area contributed by atoms with Gasteiger partial charge in [-0.25, -0.2) is 4.98 Å². The SMILES string of the molecule is Cc1cc(CN/C=C2/C=NC=CC2N)cnc1OC1CCC1. The third-order valence-corrected chi connectivity index (χ3v) is 3.98. The van der Waals surface area contributed by atoms with Crippen molar-refractivity contribution in [2.24, 2.45) is 10.7 Å². The highest BCUT2D eigenvalue weighted by atomic mass is 16.5. The highest BCUT2D eigenvalue weighted by Gasteiger charge is 2.20. The number of aryl methyl sites for hydroxylation is 1. The van der Waals surface area contributed by atoms with E-state index in [1.807, 2.05) is 25.4 Å². The molecule has 1 aromatic rings. The number of ether oxygens (including phenoxy) is 1. The van der Waals surface area contributed by atoms with Crippen molar-refractivity contribution >= 4 is 6.21 Å². The highest BCUT2D eigenvalue weighted by molar-refractivity contribution is 5.82. The van der Waals surface area contributed by atoms with Crippen molar-refractivity contribution in [2.75, 3.05) is 0 Å². The Morgan fingerprint density at radius 3 is 3.00 bits per heavy atom. The Hall–Kier alpha value is -2.14. The van der Waals surface area contributed by atoms with Gasteiger partial charge in [0, 0.05) is 42.5 Å². The molecule has 3 N–H and O–H groups in total. The van der Waals surface area contributed by atoms with E-state index >= 15 is 0 Å². The van der Waals surface area contributed by atoms with Gasteiger partial charge in [0.1, 0.15) is 6.10 Å². The van der Waals surface area contributed by atoms with Crippen molar-refractivity contribution in [1.82, 2.24) is 10.3 Å². The Morgan fingerprint density at radius 1 is 1.45 bits per heavy atom. The second-order valence-electron chi connectivity index (χ2n) is 5.81. The summed E-state index contributed by atoms with van der Waals surface area (Å²) in [5.41, 5.74) is 9.12. The smallest absolute Gasteiger partial charge is 0.216 e. The average Bonchev–Trinajstić information content (AvgIpc) is 2.46. The summed E-state index contributed by atoms with van der Waals surface area (Å²) in [6, 6.07) is 2.02. The molecule has 22 heavy (non-hydrogen) atoms. The maximum Gasteiger partial charge on any atom is 0.216 e. The van der Waals surface area contributed by atoms with Gasteiger partial charge in [0.2, 0.25) is 5.88 Å². The zero-order valence-electron chi connectivity index (χ0n) is 12.8. The lowest BCUT2D eigenvalue weighted by molar-refractivity contribution is 0.113. The number of nitrogens with zero attached hydrogens (tertiary/aromatic N) is 2. The van der Waals surface area contributed by atoms with Gasteiger partial charge >= 0.3 is 0 Å². The summed E-state index contributed by atoms with van der Waals surface area (Å²) in [4.78, 5) is 8.51. The maximum absolute atomic E-state index is 5.95. The molecule has 3 rings (SSSR count). The molecule has 5 heteroatoms. The number of rotatable bonds is 5. The molecule has 2 heterocycles. The predicted octanol–water partition coefficient (Wildman–Crippen LogP) is 2.22. The van der Waals surface area contributed by atoms with E-state index in [-0.39, 0.29) is 6.04 Å². The molecular formula is C17H22N4O. The largest absolute Gasteiger partial charge is 0.474 e. The maximum atomic E-state index is 5.95. The van der Waals surface area contributed by atoms with Gasteiger partial charge in [-0.3, -0.25) is 4.99 Å². The van der Waals surface area contributed by atoms with Crippen LogP contribution in [0.5, 0.6) is 5.88 Å². The van der Waals surface area contributed by atoms with Gasteiger partial charge in [0.05, 0.1) is 6.04 Å². The van der Waals surface area contributed by atoms with Crippen LogP contribution in [0.25, 0.3) is 0 Å². The molecule has 0 amide bonds. The van der Waals surface area contributed by atoms with Crippen LogP contribution in [0.4, 0.5) is 0 Å². The first kappa shape index (κ1) is 14.8. The summed E-state index contributed by atoms with van der Waals surface area (Å²) in [6.07, 6.45) is 13.1. The van der Waals surface area contributed by atoms with E-state index in [1.165, 1.54) is 6.42 Å². The summed E-state index contributed by atoms with van der Waals surface area (Å²) in [5.74, 6) is 0.762. The van der Waals surface area contributed by atoms with Gasteiger partial charge in [-0.05, 0) is 43.9 Å². The molecule has 1 saturated carbocycles. The fourth-order valence-corrected chi connectivity index (χ4v) is 2.38. The van der Waals surface area contributed by atoms with Crippen LogP contribution < -0.4 is 15.8 Å². The molecule has 0 spiro atoms. The van der Waals surface area contributed by atoms with E-state index < -0.39 is 0 Å². The van der Waals surface area contributed by atoms with Crippen molar-refractivity contribution in [3.05, 3.63) is 47.4 Å². The van der Waals surface area contributed by atoms with E-state index in [2.05, 4.69) is 21.4 Å². The first-order valence-corrected chi connectivity index (χ1v) is 7.73. The van der Waals surface area contributed by atoms with E-state index in [0.29, 0.717) is 12.6 Å². The van der Waals surface area contributed by atoms with Gasteiger partial charge in [0.25, 0.3) is 0 Å². The lowest BCUT2D eigenvalue weighted by atomic mass is 9.96. The lowest BCUT2D eigenvalue weighted by Gasteiger charge is -2.26. The van der Waals surface area contributed by atoms with Crippen molar-refractivity contribution in [1.29, 1.82) is 0 Å². The summed E-state index contributed by atoms with van der Waals surface area (Å²) in [6.45, 7) is 2.74. The van der Waals surface area contributed by atoms with Gasteiger partial charge in [0.15, 0.2) is 0 Å². The second-order valence-corrected chi connectivity index (χ2v) is 5.81. The van der Waals surface area contributed by atoms with Gasteiger partial charge in [-0.1, -0.05) is 0 Å². The van der Waals surface area contributed by atoms with Gasteiger partial charge < -0.3 is 15.8 Å². The zero-order valence-corrected chi connectivity index (χ0v) is 12.8. The molecule has 0 bridgehead atoms. The first-order valence-electron chi connectivity index (χ1n) is 7.73. The summed E-state index contributed by atoms with van der Waals surface area (Å²) in [5, 5.41) is 3.26. The molecular weight excluding hydrogens is 276 g/mol. The molecule has 116 valence electrons. The predicted molar refractivity (Wildman–Crippen MR) is 87.8 cm³/mol. The summed E-state index contributed by atoms with van der Waals surface area (Å²) < 4.78 is 5.86. The third kappa shape index (κ3) is 3.54. The van der Waals surface area contributed by atoms with Crippen LogP contribution in [-0.2, 0) is 6.54 Å². The monoisotopic (exact) mass is 298 g/mol.